The highest BCUT2D eigenvalue weighted by Gasteiger charge is 2.09. The van der Waals surface area contributed by atoms with Crippen molar-refractivity contribution < 1.29 is 18.8 Å². The first-order chi connectivity index (χ1) is 4.21. The molecule has 0 heterocycles. The van der Waals surface area contributed by atoms with E-state index in [4.69, 9.17) is 9.79 Å². The van der Waals surface area contributed by atoms with Gasteiger partial charge in [-0.15, -0.1) is 0 Å². The number of nitrogens with zero attached hydrogens (tertiary/aromatic N) is 1. The molecule has 0 aliphatic heterocycles. The Bertz CT molecular complexity index is 176. The summed E-state index contributed by atoms with van der Waals surface area (Å²) in [5, 5.41) is 0. The average molecular weight is 166 g/mol. The fraction of sp³-hybridized carbons (Fsp3) is 0.600. The molecule has 0 atom stereocenters. The zero-order valence-electron chi connectivity index (χ0n) is 6.35. The summed E-state index contributed by atoms with van der Waals surface area (Å²) >= 11 is 0. The second kappa shape index (κ2) is 2.84. The molecule has 0 saturated heterocycles. The Hall–Kier alpha value is -0.150. The van der Waals surface area contributed by atoms with Crippen molar-refractivity contribution in [2.75, 3.05) is 21.1 Å². The van der Waals surface area contributed by atoms with Crippen LogP contribution >= 0.6 is 7.60 Å². The van der Waals surface area contributed by atoms with E-state index in [9.17, 15) is 4.57 Å². The van der Waals surface area contributed by atoms with Crippen LogP contribution in [0.4, 0.5) is 0 Å². The van der Waals surface area contributed by atoms with Crippen LogP contribution in [0.3, 0.4) is 0 Å². The van der Waals surface area contributed by atoms with Crippen molar-refractivity contribution in [2.24, 2.45) is 0 Å². The van der Waals surface area contributed by atoms with Crippen molar-refractivity contribution in [1.29, 1.82) is 0 Å². The van der Waals surface area contributed by atoms with E-state index in [1.165, 1.54) is 6.20 Å². The summed E-state index contributed by atoms with van der Waals surface area (Å²) in [7, 11) is 1.48. The van der Waals surface area contributed by atoms with Crippen LogP contribution in [0.2, 0.25) is 0 Å². The van der Waals surface area contributed by atoms with Crippen LogP contribution in [0.1, 0.15) is 0 Å². The molecule has 60 valence electrons. The second-order valence-corrected chi connectivity index (χ2v) is 4.48. The zero-order valence-corrected chi connectivity index (χ0v) is 7.25. The van der Waals surface area contributed by atoms with Gasteiger partial charge in [0.15, 0.2) is 0 Å². The van der Waals surface area contributed by atoms with Gasteiger partial charge in [0.05, 0.1) is 27.0 Å². The molecule has 0 aromatic carbocycles. The van der Waals surface area contributed by atoms with Crippen molar-refractivity contribution in [2.45, 2.75) is 0 Å². The Morgan fingerprint density at radius 2 is 1.70 bits per heavy atom. The SMILES string of the molecule is C[N+](C)(C)/C=C/P(=O)(O)O. The monoisotopic (exact) mass is 166 g/mol. The van der Waals surface area contributed by atoms with Crippen LogP contribution in [-0.2, 0) is 4.57 Å². The van der Waals surface area contributed by atoms with Gasteiger partial charge in [0.2, 0.25) is 0 Å². The Morgan fingerprint density at radius 1 is 1.30 bits per heavy atom. The Morgan fingerprint density at radius 3 is 1.80 bits per heavy atom. The van der Waals surface area contributed by atoms with Crippen LogP contribution in [0.25, 0.3) is 0 Å². The molecule has 2 N–H and O–H groups in total. The third kappa shape index (κ3) is 7.85. The predicted octanol–water partition coefficient (Wildman–Crippen LogP) is 0.341. The zero-order chi connectivity index (χ0) is 8.41. The van der Waals surface area contributed by atoms with Gasteiger partial charge in [-0.25, -0.2) is 0 Å². The van der Waals surface area contributed by atoms with Gasteiger partial charge in [-0.2, -0.15) is 0 Å². The fourth-order valence-electron chi connectivity index (χ4n) is 0.287. The van der Waals surface area contributed by atoms with E-state index in [0.717, 1.165) is 5.82 Å². The number of hydrogen-bond donors (Lipinski definition) is 2. The third-order valence-electron chi connectivity index (χ3n) is 0.708. The standard InChI is InChI=1S/C5H12NO3P/c1-6(2,3)4-5-10(7,8)9/h4-5H,1-3H3,(H-,7,8,9)/p+1/b5-4+. The molecule has 0 saturated carbocycles. The minimum atomic E-state index is -3.96. The molecule has 0 aliphatic carbocycles. The molecular formula is C5H13NO3P+. The molecule has 0 aromatic heterocycles. The second-order valence-electron chi connectivity index (χ2n) is 3.00. The summed E-state index contributed by atoms with van der Waals surface area (Å²) in [5.74, 6) is 0.910. The lowest BCUT2D eigenvalue weighted by atomic mass is 10.7. The predicted molar refractivity (Wildman–Crippen MR) is 39.2 cm³/mol. The molecule has 0 amide bonds. The summed E-state index contributed by atoms with van der Waals surface area (Å²) in [4.78, 5) is 16.8. The van der Waals surface area contributed by atoms with Gasteiger partial charge in [0, 0.05) is 0 Å². The minimum absolute atomic E-state index is 0.408. The molecule has 0 aromatic rings. The summed E-state index contributed by atoms with van der Waals surface area (Å²) in [6.45, 7) is 0. The van der Waals surface area contributed by atoms with Gasteiger partial charge in [-0.3, -0.25) is 4.57 Å². The summed E-state index contributed by atoms with van der Waals surface area (Å²) in [6, 6.07) is 0. The van der Waals surface area contributed by atoms with Crippen LogP contribution in [-0.4, -0.2) is 35.4 Å². The summed E-state index contributed by atoms with van der Waals surface area (Å²) in [5.41, 5.74) is 0. The van der Waals surface area contributed by atoms with E-state index >= 15 is 0 Å². The van der Waals surface area contributed by atoms with E-state index in [1.54, 1.807) is 0 Å². The Labute approximate surface area is 60.5 Å². The van der Waals surface area contributed by atoms with Crippen molar-refractivity contribution in [1.82, 2.24) is 0 Å². The first-order valence-corrected chi connectivity index (χ1v) is 4.46. The smallest absolute Gasteiger partial charge is 0.321 e. The van der Waals surface area contributed by atoms with Gasteiger partial charge < -0.3 is 14.3 Å². The molecule has 0 fully saturated rings. The fourth-order valence-corrected chi connectivity index (χ4v) is 0.861. The number of hydrogen-bond acceptors (Lipinski definition) is 1. The molecule has 10 heavy (non-hydrogen) atoms. The van der Waals surface area contributed by atoms with Crippen molar-refractivity contribution in [3.8, 4) is 0 Å². The molecule has 0 bridgehead atoms. The van der Waals surface area contributed by atoms with Crippen molar-refractivity contribution in [3.05, 3.63) is 12.0 Å². The van der Waals surface area contributed by atoms with E-state index in [0.29, 0.717) is 4.48 Å². The van der Waals surface area contributed by atoms with Crippen LogP contribution in [0.15, 0.2) is 12.0 Å². The van der Waals surface area contributed by atoms with Crippen LogP contribution < -0.4 is 0 Å². The lowest BCUT2D eigenvalue weighted by Gasteiger charge is -2.17. The van der Waals surface area contributed by atoms with Crippen molar-refractivity contribution in [3.63, 3.8) is 0 Å². The van der Waals surface area contributed by atoms with E-state index in [1.807, 2.05) is 21.1 Å². The lowest BCUT2D eigenvalue weighted by Crippen LogP contribution is -2.26. The maximum atomic E-state index is 10.3. The molecule has 0 spiro atoms. The molecule has 4 nitrogen and oxygen atoms in total. The highest BCUT2D eigenvalue weighted by molar-refractivity contribution is 7.55. The topological polar surface area (TPSA) is 57.5 Å². The van der Waals surface area contributed by atoms with Crippen LogP contribution in [0, 0.1) is 0 Å². The number of rotatable bonds is 2. The van der Waals surface area contributed by atoms with Gasteiger partial charge in [-0.1, -0.05) is 0 Å². The minimum Gasteiger partial charge on any atom is -0.321 e. The Balaban J connectivity index is 4.16. The van der Waals surface area contributed by atoms with Gasteiger partial charge in [0.25, 0.3) is 0 Å². The van der Waals surface area contributed by atoms with Crippen molar-refractivity contribution >= 4 is 7.60 Å². The molecule has 0 unspecified atom stereocenters. The van der Waals surface area contributed by atoms with E-state index < -0.39 is 7.60 Å². The first kappa shape index (κ1) is 9.85. The lowest BCUT2D eigenvalue weighted by molar-refractivity contribution is -0.817. The van der Waals surface area contributed by atoms with E-state index in [-0.39, 0.29) is 0 Å². The molecular weight excluding hydrogens is 153 g/mol. The summed E-state index contributed by atoms with van der Waals surface area (Å²) < 4.78 is 10.7. The highest BCUT2D eigenvalue weighted by Crippen LogP contribution is 2.36. The largest absolute Gasteiger partial charge is 0.354 e. The number of quaternary nitrogens is 1. The molecule has 0 rings (SSSR count). The molecule has 0 aliphatic rings. The van der Waals surface area contributed by atoms with Gasteiger partial charge >= 0.3 is 7.60 Å². The maximum Gasteiger partial charge on any atom is 0.354 e. The maximum absolute atomic E-state index is 10.3. The normalized spacial score (nSPS) is 14.5. The summed E-state index contributed by atoms with van der Waals surface area (Å²) in [6.07, 6.45) is 1.45. The average Bonchev–Trinajstić information content (AvgIpc) is 1.57. The van der Waals surface area contributed by atoms with Gasteiger partial charge in [-0.05, 0) is 0 Å². The third-order valence-corrected chi connectivity index (χ3v) is 1.23. The highest BCUT2D eigenvalue weighted by atomic mass is 31.2. The van der Waals surface area contributed by atoms with Crippen LogP contribution in [0.5, 0.6) is 0 Å². The van der Waals surface area contributed by atoms with E-state index in [2.05, 4.69) is 0 Å². The Kier molecular flexibility index (Phi) is 2.80. The quantitative estimate of drug-likeness (QED) is 0.459. The molecule has 0 radical (unpaired) electrons. The van der Waals surface area contributed by atoms with Gasteiger partial charge in [0.1, 0.15) is 6.20 Å². The first-order valence-electron chi connectivity index (χ1n) is 2.77. The molecule has 5 heteroatoms.